The summed E-state index contributed by atoms with van der Waals surface area (Å²) in [6.45, 7) is -0.107. The predicted molar refractivity (Wildman–Crippen MR) is 92.9 cm³/mol. The van der Waals surface area contributed by atoms with E-state index in [0.717, 1.165) is 21.6 Å². The number of hydrogen-bond donors (Lipinski definition) is 0. The highest BCUT2D eigenvalue weighted by molar-refractivity contribution is 7.00. The Kier molecular flexibility index (Phi) is 2.84. The minimum atomic E-state index is -2.90. The lowest BCUT2D eigenvalue weighted by molar-refractivity contribution is 1.33. The van der Waals surface area contributed by atoms with Crippen molar-refractivity contribution in [3.05, 3.63) is 79.0 Å². The highest BCUT2D eigenvalue weighted by Gasteiger charge is 2.25. The van der Waals surface area contributed by atoms with E-state index >= 15 is 0 Å². The molecule has 2 aromatic carbocycles. The zero-order valence-corrected chi connectivity index (χ0v) is 13.0. The molecule has 0 amide bonds. The van der Waals surface area contributed by atoms with Crippen LogP contribution in [0, 0.1) is 0 Å². The van der Waals surface area contributed by atoms with Crippen LogP contribution in [0.5, 0.6) is 0 Å². The van der Waals surface area contributed by atoms with Crippen LogP contribution < -0.4 is 10.4 Å². The molecule has 1 heterocycles. The van der Waals surface area contributed by atoms with E-state index in [2.05, 4.69) is 4.98 Å². The molecule has 0 aliphatic heterocycles. The molecule has 2 heteroatoms. The predicted octanol–water partition coefficient (Wildman–Crippen LogP) is 3.57. The summed E-state index contributed by atoms with van der Waals surface area (Å²) >= 11 is 0. The molecule has 21 heavy (non-hydrogen) atoms. The molecule has 0 saturated carbocycles. The van der Waals surface area contributed by atoms with Crippen molar-refractivity contribution in [3.63, 3.8) is 0 Å². The molecule has 3 rings (SSSR count). The van der Waals surface area contributed by atoms with Crippen LogP contribution in [0.25, 0.3) is 11.3 Å². The number of rotatable bonds is 3. The van der Waals surface area contributed by atoms with Gasteiger partial charge >= 0.3 is 0 Å². The molecular weight excluding hydrogens is 270 g/mol. The lowest BCUT2D eigenvalue weighted by Crippen LogP contribution is -2.52. The monoisotopic (exact) mass is 292 g/mol. The van der Waals surface area contributed by atoms with E-state index < -0.39 is 14.5 Å². The van der Waals surface area contributed by atoms with Crippen LogP contribution in [0.2, 0.25) is 13.0 Å². The molecule has 0 N–H and O–H groups in total. The van der Waals surface area contributed by atoms with E-state index in [1.807, 2.05) is 79.3 Å². The van der Waals surface area contributed by atoms with E-state index in [-0.39, 0.29) is 0 Å². The van der Waals surface area contributed by atoms with E-state index in [0.29, 0.717) is 0 Å². The molecule has 1 unspecified atom stereocenters. The highest BCUT2D eigenvalue weighted by Crippen LogP contribution is 2.16. The van der Waals surface area contributed by atoms with Gasteiger partial charge in [-0.15, -0.1) is 0 Å². The Morgan fingerprint density at radius 3 is 2.33 bits per heavy atom. The topological polar surface area (TPSA) is 12.9 Å². The van der Waals surface area contributed by atoms with Gasteiger partial charge in [-0.1, -0.05) is 84.1 Å². The van der Waals surface area contributed by atoms with Gasteiger partial charge in [0.25, 0.3) is 0 Å². The minimum absolute atomic E-state index is 0.856. The fraction of sp³-hybridized carbons (Fsp3) is 0.105. The van der Waals surface area contributed by atoms with Gasteiger partial charge in [0, 0.05) is 10.3 Å². The molecule has 0 aliphatic rings. The maximum Gasteiger partial charge on any atom is 0.112 e. The first kappa shape index (κ1) is 10.5. The molecule has 0 saturated heterocycles. The zero-order valence-electron chi connectivity index (χ0n) is 15.0. The van der Waals surface area contributed by atoms with Crippen LogP contribution in [0.3, 0.4) is 0 Å². The lowest BCUT2D eigenvalue weighted by Gasteiger charge is -2.24. The third kappa shape index (κ3) is 2.81. The zero-order chi connectivity index (χ0) is 17.2. The first-order valence-corrected chi connectivity index (χ1v) is 9.50. The second-order valence-corrected chi connectivity index (χ2v) is 8.69. The third-order valence-electron chi connectivity index (χ3n) is 3.75. The summed E-state index contributed by atoms with van der Waals surface area (Å²) in [5.41, 5.74) is 1.81. The Hall–Kier alpha value is -2.19. The van der Waals surface area contributed by atoms with Gasteiger partial charge in [0.2, 0.25) is 0 Å². The normalized spacial score (nSPS) is 16.3. The van der Waals surface area contributed by atoms with Crippen molar-refractivity contribution in [2.45, 2.75) is 13.0 Å². The highest BCUT2D eigenvalue weighted by atomic mass is 28.3. The van der Waals surface area contributed by atoms with Crippen molar-refractivity contribution in [2.24, 2.45) is 0 Å². The molecule has 0 radical (unpaired) electrons. The third-order valence-corrected chi connectivity index (χ3v) is 6.71. The van der Waals surface area contributed by atoms with Crippen LogP contribution in [0.4, 0.5) is 0 Å². The van der Waals surface area contributed by atoms with Crippen molar-refractivity contribution in [2.75, 3.05) is 0 Å². The van der Waals surface area contributed by atoms with Gasteiger partial charge in [-0.2, -0.15) is 0 Å². The summed E-state index contributed by atoms with van der Waals surface area (Å²) < 4.78 is 24.6. The van der Waals surface area contributed by atoms with E-state index in [1.165, 1.54) is 0 Å². The summed E-state index contributed by atoms with van der Waals surface area (Å²) in [4.78, 5) is 4.38. The number of benzene rings is 2. The average Bonchev–Trinajstić information content (AvgIpc) is 2.61. The van der Waals surface area contributed by atoms with Crippen LogP contribution in [0.15, 0.2) is 79.0 Å². The quantitative estimate of drug-likeness (QED) is 0.673. The Morgan fingerprint density at radius 2 is 1.62 bits per heavy atom. The molecule has 0 spiro atoms. The van der Waals surface area contributed by atoms with Gasteiger partial charge in [0.1, 0.15) is 8.07 Å². The van der Waals surface area contributed by atoms with E-state index in [4.69, 9.17) is 4.11 Å². The van der Waals surface area contributed by atoms with Gasteiger partial charge in [-0.3, -0.25) is 4.98 Å². The second-order valence-electron chi connectivity index (χ2n) is 5.29. The van der Waals surface area contributed by atoms with Crippen LogP contribution in [0.1, 0.15) is 4.11 Å². The number of pyridine rings is 1. The molecule has 1 atom stereocenters. The Balaban J connectivity index is 2.17. The molecule has 104 valence electrons. The molecule has 3 aromatic rings. The van der Waals surface area contributed by atoms with Crippen LogP contribution >= 0.6 is 0 Å². The maximum absolute atomic E-state index is 8.22. The van der Waals surface area contributed by atoms with Crippen molar-refractivity contribution < 1.29 is 4.11 Å². The Labute approximate surface area is 131 Å². The van der Waals surface area contributed by atoms with E-state index in [1.54, 1.807) is 6.20 Å². The molecule has 0 aliphatic carbocycles. The molecule has 1 nitrogen and oxygen atoms in total. The maximum atomic E-state index is 8.22. The first-order valence-electron chi connectivity index (χ1n) is 8.50. The van der Waals surface area contributed by atoms with Gasteiger partial charge < -0.3 is 0 Å². The number of aromatic nitrogens is 1. The van der Waals surface area contributed by atoms with Crippen LogP contribution in [-0.4, -0.2) is 13.1 Å². The van der Waals surface area contributed by atoms with E-state index in [9.17, 15) is 0 Å². The molecular formula is C19H19NSi. The van der Waals surface area contributed by atoms with Crippen molar-refractivity contribution in [1.29, 1.82) is 0 Å². The van der Waals surface area contributed by atoms with Crippen molar-refractivity contribution in [3.8, 4) is 11.3 Å². The Morgan fingerprint density at radius 1 is 0.857 bits per heavy atom. The fourth-order valence-corrected chi connectivity index (χ4v) is 4.53. The summed E-state index contributed by atoms with van der Waals surface area (Å²) in [7, 11) is -2.90. The molecule has 1 aromatic heterocycles. The summed E-state index contributed by atoms with van der Waals surface area (Å²) in [6, 6.07) is 23.2. The summed E-state index contributed by atoms with van der Waals surface area (Å²) in [5, 5.41) is 1.82. The SMILES string of the molecule is [2H]C([2H])([2H])[Si](C)(c1ccccc1)c1cccc(-c2ccccn2)c1. The average molecular weight is 292 g/mol. The standard InChI is InChI=1S/C19H19NSi/c1-21(2,17-10-4-3-5-11-17)18-12-8-9-16(15-18)19-13-6-7-14-20-19/h3-15H,1-2H3/i1D3. The summed E-state index contributed by atoms with van der Waals surface area (Å²) in [5.74, 6) is 0. The fourth-order valence-electron chi connectivity index (χ4n) is 2.46. The summed E-state index contributed by atoms with van der Waals surface area (Å²) in [6.07, 6.45) is 1.75. The van der Waals surface area contributed by atoms with Crippen molar-refractivity contribution in [1.82, 2.24) is 4.98 Å². The van der Waals surface area contributed by atoms with Gasteiger partial charge in [-0.25, -0.2) is 0 Å². The minimum Gasteiger partial charge on any atom is -0.256 e. The van der Waals surface area contributed by atoms with Crippen LogP contribution in [-0.2, 0) is 0 Å². The van der Waals surface area contributed by atoms with Gasteiger partial charge in [-0.05, 0) is 17.7 Å². The smallest absolute Gasteiger partial charge is 0.112 e. The molecule has 0 fully saturated rings. The Bertz CT molecular complexity index is 819. The lowest BCUT2D eigenvalue weighted by atomic mass is 10.1. The number of hydrogen-bond acceptors (Lipinski definition) is 1. The first-order chi connectivity index (χ1) is 11.4. The van der Waals surface area contributed by atoms with Gasteiger partial charge in [0.15, 0.2) is 0 Å². The number of nitrogens with zero attached hydrogens (tertiary/aromatic N) is 1. The molecule has 0 bridgehead atoms. The largest absolute Gasteiger partial charge is 0.256 e. The van der Waals surface area contributed by atoms with Gasteiger partial charge in [0.05, 0.1) is 5.69 Å². The second kappa shape index (κ2) is 5.66. The van der Waals surface area contributed by atoms with Crippen molar-refractivity contribution >= 4 is 18.4 Å².